The van der Waals surface area contributed by atoms with Crippen molar-refractivity contribution in [2.75, 3.05) is 13.2 Å². The Kier molecular flexibility index (Phi) is 6.70. The SMILES string of the molecule is CC(C)c1ccc2c(c1)c(C(=O)C1COC1)c(CC(C)(C)C(O)O)n2Cc1ccc(Cl)cc1. The van der Waals surface area contributed by atoms with E-state index >= 15 is 0 Å². The summed E-state index contributed by atoms with van der Waals surface area (Å²) in [6, 6.07) is 14.0. The van der Waals surface area contributed by atoms with E-state index in [1.807, 2.05) is 38.1 Å². The molecule has 0 spiro atoms. The summed E-state index contributed by atoms with van der Waals surface area (Å²) in [6.07, 6.45) is -1.17. The van der Waals surface area contributed by atoms with Gasteiger partial charge in [-0.15, -0.1) is 0 Å². The number of hydrogen-bond acceptors (Lipinski definition) is 4. The van der Waals surface area contributed by atoms with Crippen molar-refractivity contribution in [3.63, 3.8) is 0 Å². The van der Waals surface area contributed by atoms with E-state index in [1.54, 1.807) is 0 Å². The molecule has 5 nitrogen and oxygen atoms in total. The summed E-state index contributed by atoms with van der Waals surface area (Å²) in [5.41, 5.74) is 3.87. The van der Waals surface area contributed by atoms with Crippen LogP contribution in [-0.4, -0.2) is 40.1 Å². The molecule has 2 N–H and O–H groups in total. The molecule has 1 aliphatic rings. The average molecular weight is 470 g/mol. The number of halogens is 1. The fourth-order valence-electron chi connectivity index (χ4n) is 4.31. The van der Waals surface area contributed by atoms with Gasteiger partial charge < -0.3 is 19.5 Å². The second-order valence-corrected chi connectivity index (χ2v) is 10.5. The van der Waals surface area contributed by atoms with Gasteiger partial charge in [-0.3, -0.25) is 4.79 Å². The predicted molar refractivity (Wildman–Crippen MR) is 131 cm³/mol. The fraction of sp³-hybridized carbons (Fsp3) is 0.444. The summed E-state index contributed by atoms with van der Waals surface area (Å²) >= 11 is 6.09. The van der Waals surface area contributed by atoms with Crippen LogP contribution in [0.25, 0.3) is 10.9 Å². The lowest BCUT2D eigenvalue weighted by Gasteiger charge is -2.29. The van der Waals surface area contributed by atoms with Crippen LogP contribution >= 0.6 is 11.6 Å². The van der Waals surface area contributed by atoms with E-state index in [2.05, 4.69) is 36.6 Å². The van der Waals surface area contributed by atoms with Crippen LogP contribution in [0.3, 0.4) is 0 Å². The fourth-order valence-corrected chi connectivity index (χ4v) is 4.44. The van der Waals surface area contributed by atoms with E-state index in [0.29, 0.717) is 42.7 Å². The van der Waals surface area contributed by atoms with Gasteiger partial charge in [0.25, 0.3) is 0 Å². The Bertz CT molecular complexity index is 1160. The van der Waals surface area contributed by atoms with E-state index in [0.717, 1.165) is 27.7 Å². The molecular formula is C27H32ClNO4. The Labute approximate surface area is 199 Å². The van der Waals surface area contributed by atoms with E-state index in [4.69, 9.17) is 16.3 Å². The lowest BCUT2D eigenvalue weighted by atomic mass is 9.83. The normalized spacial score (nSPS) is 14.9. The van der Waals surface area contributed by atoms with Crippen LogP contribution in [0.5, 0.6) is 0 Å². The number of ketones is 1. The number of ether oxygens (including phenoxy) is 1. The van der Waals surface area contributed by atoms with Crippen molar-refractivity contribution in [3.8, 4) is 0 Å². The number of rotatable bonds is 8. The summed E-state index contributed by atoms with van der Waals surface area (Å²) in [4.78, 5) is 13.7. The summed E-state index contributed by atoms with van der Waals surface area (Å²) in [7, 11) is 0. The lowest BCUT2D eigenvalue weighted by molar-refractivity contribution is -0.121. The molecule has 0 aliphatic carbocycles. The lowest BCUT2D eigenvalue weighted by Crippen LogP contribution is -2.36. The van der Waals surface area contributed by atoms with Crippen molar-refractivity contribution in [1.82, 2.24) is 4.57 Å². The van der Waals surface area contributed by atoms with Gasteiger partial charge in [-0.05, 0) is 47.7 Å². The molecule has 3 aromatic rings. The molecule has 1 aliphatic heterocycles. The average Bonchev–Trinajstić information content (AvgIpc) is 3.00. The number of carbonyl (C=O) groups is 1. The topological polar surface area (TPSA) is 71.7 Å². The number of aliphatic hydroxyl groups excluding tert-OH is 1. The largest absolute Gasteiger partial charge is 0.380 e. The Morgan fingerprint density at radius 3 is 2.36 bits per heavy atom. The van der Waals surface area contributed by atoms with Crippen molar-refractivity contribution in [1.29, 1.82) is 0 Å². The Balaban J connectivity index is 1.96. The van der Waals surface area contributed by atoms with Crippen LogP contribution in [0, 0.1) is 11.3 Å². The molecule has 1 aromatic heterocycles. The maximum atomic E-state index is 13.7. The molecule has 0 atom stereocenters. The number of hydrogen-bond donors (Lipinski definition) is 2. The minimum Gasteiger partial charge on any atom is -0.380 e. The van der Waals surface area contributed by atoms with E-state index in [9.17, 15) is 15.0 Å². The number of nitrogens with zero attached hydrogens (tertiary/aromatic N) is 1. The van der Waals surface area contributed by atoms with Crippen LogP contribution < -0.4 is 0 Å². The molecule has 1 saturated heterocycles. The highest BCUT2D eigenvalue weighted by atomic mass is 35.5. The molecule has 0 saturated carbocycles. The minimum atomic E-state index is -1.51. The second-order valence-electron chi connectivity index (χ2n) is 10.1. The van der Waals surface area contributed by atoms with Crippen molar-refractivity contribution in [3.05, 3.63) is 69.9 Å². The third-order valence-corrected chi connectivity index (χ3v) is 6.95. The van der Waals surface area contributed by atoms with Crippen molar-refractivity contribution < 1.29 is 19.7 Å². The third kappa shape index (κ3) is 4.73. The summed E-state index contributed by atoms with van der Waals surface area (Å²) in [6.45, 7) is 9.30. The zero-order chi connectivity index (χ0) is 23.9. The highest BCUT2D eigenvalue weighted by molar-refractivity contribution is 6.30. The number of benzene rings is 2. The monoisotopic (exact) mass is 469 g/mol. The van der Waals surface area contributed by atoms with Gasteiger partial charge >= 0.3 is 0 Å². The number of aliphatic hydroxyl groups is 2. The quantitative estimate of drug-likeness (QED) is 0.352. The van der Waals surface area contributed by atoms with Gasteiger partial charge in [-0.25, -0.2) is 0 Å². The Morgan fingerprint density at radius 1 is 1.15 bits per heavy atom. The molecule has 6 heteroatoms. The molecule has 33 heavy (non-hydrogen) atoms. The highest BCUT2D eigenvalue weighted by Crippen LogP contribution is 2.37. The summed E-state index contributed by atoms with van der Waals surface area (Å²) < 4.78 is 7.48. The predicted octanol–water partition coefficient (Wildman–Crippen LogP) is 5.17. The minimum absolute atomic E-state index is 0.0697. The van der Waals surface area contributed by atoms with Crippen molar-refractivity contribution in [2.45, 2.75) is 52.9 Å². The van der Waals surface area contributed by atoms with Crippen LogP contribution in [0.2, 0.25) is 5.02 Å². The van der Waals surface area contributed by atoms with Crippen LogP contribution in [-0.2, 0) is 17.7 Å². The Hall–Kier alpha value is -2.18. The van der Waals surface area contributed by atoms with Crippen LogP contribution in [0.1, 0.15) is 60.8 Å². The molecule has 4 rings (SSSR count). The number of carbonyl (C=O) groups excluding carboxylic acids is 1. The van der Waals surface area contributed by atoms with Crippen molar-refractivity contribution >= 4 is 28.3 Å². The molecular weight excluding hydrogens is 438 g/mol. The number of Topliss-reactive ketones (excluding diaryl/α,β-unsaturated/α-hetero) is 1. The smallest absolute Gasteiger partial charge is 0.173 e. The molecule has 2 aromatic carbocycles. The summed E-state index contributed by atoms with van der Waals surface area (Å²) in [5, 5.41) is 21.7. The number of aromatic nitrogens is 1. The highest BCUT2D eigenvalue weighted by Gasteiger charge is 2.36. The molecule has 0 amide bonds. The van der Waals surface area contributed by atoms with Gasteiger partial charge in [0.1, 0.15) is 0 Å². The Morgan fingerprint density at radius 2 is 1.82 bits per heavy atom. The third-order valence-electron chi connectivity index (χ3n) is 6.69. The van der Waals surface area contributed by atoms with Gasteiger partial charge in [0.2, 0.25) is 0 Å². The molecule has 0 bridgehead atoms. The van der Waals surface area contributed by atoms with Gasteiger partial charge in [0.05, 0.1) is 19.1 Å². The first-order valence-corrected chi connectivity index (χ1v) is 11.8. The molecule has 0 radical (unpaired) electrons. The van der Waals surface area contributed by atoms with Gasteiger partial charge in [0.15, 0.2) is 12.1 Å². The van der Waals surface area contributed by atoms with E-state index < -0.39 is 11.7 Å². The van der Waals surface area contributed by atoms with Gasteiger partial charge in [-0.2, -0.15) is 0 Å². The zero-order valence-corrected chi connectivity index (χ0v) is 20.4. The van der Waals surface area contributed by atoms with Gasteiger partial charge in [0, 0.05) is 39.1 Å². The molecule has 2 heterocycles. The summed E-state index contributed by atoms with van der Waals surface area (Å²) in [5.74, 6) is 0.228. The maximum Gasteiger partial charge on any atom is 0.173 e. The van der Waals surface area contributed by atoms with Crippen molar-refractivity contribution in [2.24, 2.45) is 11.3 Å². The number of fused-ring (bicyclic) bond motifs is 1. The van der Waals surface area contributed by atoms with Crippen LogP contribution in [0.4, 0.5) is 0 Å². The molecule has 1 fully saturated rings. The maximum absolute atomic E-state index is 13.7. The second kappa shape index (κ2) is 9.22. The standard InChI is InChI=1S/C27H32ClNO4/c1-16(2)18-7-10-22-21(11-18)24(25(30)19-14-33-15-19)23(12-27(3,4)26(31)32)29(22)13-17-5-8-20(28)9-6-17/h5-11,16,19,26,31-32H,12-15H2,1-4H3. The molecule has 176 valence electrons. The first-order chi connectivity index (χ1) is 15.6. The molecule has 0 unspecified atom stereocenters. The van der Waals surface area contributed by atoms with E-state index in [-0.39, 0.29) is 11.7 Å². The van der Waals surface area contributed by atoms with Gasteiger partial charge in [-0.1, -0.05) is 57.5 Å². The van der Waals surface area contributed by atoms with E-state index in [1.165, 1.54) is 0 Å². The first-order valence-electron chi connectivity index (χ1n) is 11.5. The first kappa shape index (κ1) is 24.0. The zero-order valence-electron chi connectivity index (χ0n) is 19.6. The van der Waals surface area contributed by atoms with Crippen LogP contribution in [0.15, 0.2) is 42.5 Å².